The zero-order valence-corrected chi connectivity index (χ0v) is 19.4. The molecular weight excluding hydrogens is 354 g/mol. The van der Waals surface area contributed by atoms with Gasteiger partial charge in [0.05, 0.1) is 0 Å². The number of carbonyl (C=O) groups excluding carboxylic acids is 1. The van der Waals surface area contributed by atoms with Gasteiger partial charge in [0.25, 0.3) is 0 Å². The van der Waals surface area contributed by atoms with E-state index in [-0.39, 0.29) is 0 Å². The van der Waals surface area contributed by atoms with E-state index in [2.05, 4.69) is 37.9 Å². The molecule has 0 heterocycles. The molecule has 2 rings (SSSR count). The van der Waals surface area contributed by atoms with Crippen molar-refractivity contribution in [3.05, 3.63) is 29.8 Å². The van der Waals surface area contributed by atoms with Gasteiger partial charge in [0.2, 0.25) is 0 Å². The minimum atomic E-state index is 0.334. The smallest absolute Gasteiger partial charge is 0.163 e. The van der Waals surface area contributed by atoms with E-state index in [1.807, 2.05) is 12.1 Å². The predicted molar refractivity (Wildman–Crippen MR) is 127 cm³/mol. The lowest BCUT2D eigenvalue weighted by Crippen LogP contribution is -2.21. The van der Waals surface area contributed by atoms with Crippen LogP contribution in [0.5, 0.6) is 0 Å². The highest BCUT2D eigenvalue weighted by molar-refractivity contribution is 5.96. The summed E-state index contributed by atoms with van der Waals surface area (Å²) in [6.07, 6.45) is 18.0. The Balaban J connectivity index is 1.74. The first kappa shape index (κ1) is 24.0. The fraction of sp³-hybridized carbons (Fsp3) is 0.741. The zero-order valence-electron chi connectivity index (χ0n) is 19.4. The maximum Gasteiger partial charge on any atom is 0.163 e. The van der Waals surface area contributed by atoms with Gasteiger partial charge in [-0.05, 0) is 42.5 Å². The molecular formula is C27H45NO. The number of carbonyl (C=O) groups is 1. The topological polar surface area (TPSA) is 20.3 Å². The Bertz CT molecular complexity index is 558. The van der Waals surface area contributed by atoms with E-state index >= 15 is 0 Å². The Kier molecular flexibility index (Phi) is 11.4. The summed E-state index contributed by atoms with van der Waals surface area (Å²) in [5.41, 5.74) is 2.13. The number of Topliss-reactive ketones (excluding diaryl/α,β-unsaturated/α-hetero) is 1. The molecule has 0 aromatic heterocycles. The first-order chi connectivity index (χ1) is 14.1. The van der Waals surface area contributed by atoms with Crippen LogP contribution in [0.25, 0.3) is 0 Å². The summed E-state index contributed by atoms with van der Waals surface area (Å²) >= 11 is 0. The van der Waals surface area contributed by atoms with Crippen molar-refractivity contribution in [2.24, 2.45) is 11.8 Å². The van der Waals surface area contributed by atoms with Crippen LogP contribution in [0.1, 0.15) is 114 Å². The van der Waals surface area contributed by atoms with Gasteiger partial charge in [-0.2, -0.15) is 0 Å². The van der Waals surface area contributed by atoms with Gasteiger partial charge in [-0.25, -0.2) is 0 Å². The van der Waals surface area contributed by atoms with Gasteiger partial charge in [-0.15, -0.1) is 0 Å². The van der Waals surface area contributed by atoms with Crippen LogP contribution in [0.2, 0.25) is 0 Å². The number of unbranched alkanes of at least 4 members (excludes halogenated alkanes) is 4. The lowest BCUT2D eigenvalue weighted by atomic mass is 9.85. The molecule has 1 aromatic rings. The standard InChI is InChI=1S/C27H45NO/c1-4-6-7-8-10-13-23(5-2)20-21-28(3)26-18-16-25(17-19-26)27(29)22-24-14-11-9-12-15-24/h16-19,23-24H,4-15,20-22H2,1-3H3. The number of benzene rings is 1. The molecule has 1 fully saturated rings. The summed E-state index contributed by atoms with van der Waals surface area (Å²) in [6, 6.07) is 8.36. The predicted octanol–water partition coefficient (Wildman–Crippen LogP) is 8.05. The molecule has 1 aliphatic carbocycles. The summed E-state index contributed by atoms with van der Waals surface area (Å²) in [5.74, 6) is 1.79. The molecule has 2 nitrogen and oxygen atoms in total. The Hall–Kier alpha value is -1.31. The fourth-order valence-corrected chi connectivity index (χ4v) is 4.77. The molecule has 0 saturated heterocycles. The third-order valence-corrected chi connectivity index (χ3v) is 6.99. The molecule has 0 radical (unpaired) electrons. The number of nitrogens with zero attached hydrogens (tertiary/aromatic N) is 1. The van der Waals surface area contributed by atoms with Crippen LogP contribution in [0, 0.1) is 11.8 Å². The molecule has 1 aliphatic rings. The highest BCUT2D eigenvalue weighted by Gasteiger charge is 2.18. The van der Waals surface area contributed by atoms with Crippen molar-refractivity contribution in [1.29, 1.82) is 0 Å². The van der Waals surface area contributed by atoms with Crippen LogP contribution in [-0.2, 0) is 0 Å². The number of rotatable bonds is 14. The maximum atomic E-state index is 12.6. The average Bonchev–Trinajstić information content (AvgIpc) is 2.76. The fourth-order valence-electron chi connectivity index (χ4n) is 4.77. The van der Waals surface area contributed by atoms with E-state index < -0.39 is 0 Å². The summed E-state index contributed by atoms with van der Waals surface area (Å²) in [5, 5.41) is 0. The molecule has 0 amide bonds. The quantitative estimate of drug-likeness (QED) is 0.233. The molecule has 0 N–H and O–H groups in total. The zero-order chi connectivity index (χ0) is 20.9. The van der Waals surface area contributed by atoms with Crippen LogP contribution in [-0.4, -0.2) is 19.4 Å². The van der Waals surface area contributed by atoms with Gasteiger partial charge >= 0.3 is 0 Å². The molecule has 1 unspecified atom stereocenters. The number of hydrogen-bond acceptors (Lipinski definition) is 2. The van der Waals surface area contributed by atoms with Gasteiger partial charge in [0.15, 0.2) is 5.78 Å². The van der Waals surface area contributed by atoms with Crippen molar-refractivity contribution in [1.82, 2.24) is 0 Å². The Morgan fingerprint density at radius 2 is 1.66 bits per heavy atom. The summed E-state index contributed by atoms with van der Waals surface area (Å²) in [6.45, 7) is 5.72. The first-order valence-corrected chi connectivity index (χ1v) is 12.5. The molecule has 164 valence electrons. The third kappa shape index (κ3) is 8.93. The first-order valence-electron chi connectivity index (χ1n) is 12.5. The summed E-state index contributed by atoms with van der Waals surface area (Å²) < 4.78 is 0. The van der Waals surface area contributed by atoms with Crippen molar-refractivity contribution < 1.29 is 4.79 Å². The third-order valence-electron chi connectivity index (χ3n) is 6.99. The van der Waals surface area contributed by atoms with Gasteiger partial charge in [-0.3, -0.25) is 4.79 Å². The largest absolute Gasteiger partial charge is 0.375 e. The maximum absolute atomic E-state index is 12.6. The molecule has 29 heavy (non-hydrogen) atoms. The molecule has 1 atom stereocenters. The van der Waals surface area contributed by atoms with Crippen molar-refractivity contribution in [3.8, 4) is 0 Å². The minimum Gasteiger partial charge on any atom is -0.375 e. The van der Waals surface area contributed by atoms with Crippen molar-refractivity contribution in [2.45, 2.75) is 104 Å². The van der Waals surface area contributed by atoms with Gasteiger partial charge < -0.3 is 4.90 Å². The molecule has 0 aliphatic heterocycles. The normalized spacial score (nSPS) is 16.0. The minimum absolute atomic E-state index is 0.334. The number of ketones is 1. The molecule has 1 aromatic carbocycles. The van der Waals surface area contributed by atoms with Crippen LogP contribution in [0.3, 0.4) is 0 Å². The second-order valence-electron chi connectivity index (χ2n) is 9.37. The lowest BCUT2D eigenvalue weighted by molar-refractivity contribution is 0.0950. The second-order valence-corrected chi connectivity index (χ2v) is 9.37. The number of anilines is 1. The van der Waals surface area contributed by atoms with Gasteiger partial charge in [0, 0.05) is 31.3 Å². The van der Waals surface area contributed by atoms with Crippen LogP contribution < -0.4 is 4.90 Å². The summed E-state index contributed by atoms with van der Waals surface area (Å²) in [4.78, 5) is 15.0. The van der Waals surface area contributed by atoms with E-state index in [0.29, 0.717) is 11.7 Å². The van der Waals surface area contributed by atoms with Crippen molar-refractivity contribution in [3.63, 3.8) is 0 Å². The summed E-state index contributed by atoms with van der Waals surface area (Å²) in [7, 11) is 2.19. The molecule has 1 saturated carbocycles. The molecule has 0 spiro atoms. The lowest BCUT2D eigenvalue weighted by Gasteiger charge is -2.23. The van der Waals surface area contributed by atoms with Gasteiger partial charge in [-0.1, -0.05) is 90.9 Å². The molecule has 2 heteroatoms. The van der Waals surface area contributed by atoms with Crippen LogP contribution >= 0.6 is 0 Å². The monoisotopic (exact) mass is 399 g/mol. The van der Waals surface area contributed by atoms with Crippen LogP contribution in [0.4, 0.5) is 5.69 Å². The average molecular weight is 400 g/mol. The second kappa shape index (κ2) is 13.8. The Labute approximate surface area is 180 Å². The SMILES string of the molecule is CCCCCCCC(CC)CCN(C)c1ccc(C(=O)CC2CCCCC2)cc1. The highest BCUT2D eigenvalue weighted by Crippen LogP contribution is 2.28. The van der Waals surface area contributed by atoms with E-state index in [0.717, 1.165) is 24.4 Å². The highest BCUT2D eigenvalue weighted by atomic mass is 16.1. The van der Waals surface area contributed by atoms with E-state index in [9.17, 15) is 4.79 Å². The van der Waals surface area contributed by atoms with Crippen LogP contribution in [0.15, 0.2) is 24.3 Å². The Morgan fingerprint density at radius 1 is 0.966 bits per heavy atom. The Morgan fingerprint density at radius 3 is 2.31 bits per heavy atom. The van der Waals surface area contributed by atoms with E-state index in [4.69, 9.17) is 0 Å². The molecule has 0 bridgehead atoms. The van der Waals surface area contributed by atoms with Gasteiger partial charge in [0.1, 0.15) is 0 Å². The van der Waals surface area contributed by atoms with E-state index in [1.165, 1.54) is 89.2 Å². The van der Waals surface area contributed by atoms with E-state index in [1.54, 1.807) is 0 Å². The van der Waals surface area contributed by atoms with Crippen molar-refractivity contribution >= 4 is 11.5 Å². The van der Waals surface area contributed by atoms with Crippen molar-refractivity contribution in [2.75, 3.05) is 18.5 Å². The number of hydrogen-bond donors (Lipinski definition) is 0.